The molecule has 0 fully saturated rings. The van der Waals surface area contributed by atoms with E-state index in [-0.39, 0.29) is 4.90 Å². The van der Waals surface area contributed by atoms with Gasteiger partial charge in [-0.05, 0) is 36.0 Å². The summed E-state index contributed by atoms with van der Waals surface area (Å²) in [7, 11) is 0. The molecule has 1 heterocycles. The third kappa shape index (κ3) is 3.57. The van der Waals surface area contributed by atoms with Gasteiger partial charge in [-0.1, -0.05) is 29.3 Å². The Bertz CT molecular complexity index is 840. The summed E-state index contributed by atoms with van der Waals surface area (Å²) in [5.41, 5.74) is 1.13. The highest BCUT2D eigenvalue weighted by Crippen LogP contribution is 2.36. The molecule has 8 heteroatoms. The third-order valence-electron chi connectivity index (χ3n) is 3.19. The molecule has 124 valence electrons. The van der Waals surface area contributed by atoms with Crippen LogP contribution < -0.4 is 5.32 Å². The van der Waals surface area contributed by atoms with Gasteiger partial charge < -0.3 is 10.4 Å². The average Bonchev–Trinajstić information content (AvgIpc) is 2.52. The minimum Gasteiger partial charge on any atom is -0.344 e. The maximum atomic E-state index is 13.7. The van der Waals surface area contributed by atoms with Gasteiger partial charge in [-0.2, -0.15) is 0 Å². The molecule has 0 saturated heterocycles. The van der Waals surface area contributed by atoms with Crippen molar-refractivity contribution in [2.45, 2.75) is 10.1 Å². The van der Waals surface area contributed by atoms with Crippen molar-refractivity contribution in [3.63, 3.8) is 0 Å². The van der Waals surface area contributed by atoms with Crippen LogP contribution in [0.25, 0.3) is 5.57 Å². The first-order chi connectivity index (χ1) is 11.4. The number of hydrogen-bond acceptors (Lipinski definition) is 4. The first-order valence-electron chi connectivity index (χ1n) is 6.72. The van der Waals surface area contributed by atoms with Crippen LogP contribution in [0.5, 0.6) is 0 Å². The van der Waals surface area contributed by atoms with Gasteiger partial charge in [0.05, 0.1) is 10.0 Å². The Morgan fingerprint density at radius 1 is 1.12 bits per heavy atom. The van der Waals surface area contributed by atoms with Gasteiger partial charge in [-0.3, -0.25) is 0 Å². The molecule has 0 bridgehead atoms. The van der Waals surface area contributed by atoms with Crippen LogP contribution >= 0.6 is 35.0 Å². The second-order valence-corrected chi connectivity index (χ2v) is 6.91. The average molecular weight is 387 g/mol. The summed E-state index contributed by atoms with van der Waals surface area (Å²) >= 11 is 13.0. The number of benzene rings is 2. The van der Waals surface area contributed by atoms with E-state index in [9.17, 15) is 13.9 Å². The number of nitrogens with one attached hydrogen (secondary N) is 1. The molecule has 2 aromatic rings. The SMILES string of the molecule is OC1(Sc2ccc(F)cc2F)N=CC(c2c(Cl)cccc2Cl)=CN1. The van der Waals surface area contributed by atoms with Gasteiger partial charge in [-0.25, -0.2) is 13.8 Å². The van der Waals surface area contributed by atoms with Crippen LogP contribution in [0.15, 0.2) is 52.5 Å². The molecular weight excluding hydrogens is 377 g/mol. The Labute approximate surface area is 151 Å². The van der Waals surface area contributed by atoms with E-state index in [1.165, 1.54) is 18.5 Å². The summed E-state index contributed by atoms with van der Waals surface area (Å²) in [5.74, 6) is -1.48. The molecule has 2 aromatic carbocycles. The van der Waals surface area contributed by atoms with Gasteiger partial charge in [0.2, 0.25) is 0 Å². The monoisotopic (exact) mass is 386 g/mol. The predicted molar refractivity (Wildman–Crippen MR) is 93.2 cm³/mol. The van der Waals surface area contributed by atoms with E-state index >= 15 is 0 Å². The Morgan fingerprint density at radius 3 is 2.42 bits per heavy atom. The number of aliphatic hydroxyl groups is 1. The summed E-state index contributed by atoms with van der Waals surface area (Å²) in [4.78, 5) is 4.05. The number of nitrogens with zero attached hydrogens (tertiary/aromatic N) is 1. The standard InChI is InChI=1S/C16H10Cl2F2N2OS/c17-11-2-1-3-12(18)15(11)9-7-21-16(23,22-8-9)24-14-5-4-10(19)6-13(14)20/h1-8,21,23H. The Morgan fingerprint density at radius 2 is 1.83 bits per heavy atom. The summed E-state index contributed by atoms with van der Waals surface area (Å²) in [5, 5.41) is 12.1. The van der Waals surface area contributed by atoms with E-state index in [4.69, 9.17) is 23.2 Å². The van der Waals surface area contributed by atoms with E-state index in [0.29, 0.717) is 32.9 Å². The van der Waals surface area contributed by atoms with Crippen LogP contribution in [0, 0.1) is 11.6 Å². The number of rotatable bonds is 3. The number of aliphatic imine (C=N–C) groups is 1. The van der Waals surface area contributed by atoms with Crippen LogP contribution in [0.2, 0.25) is 10.0 Å². The van der Waals surface area contributed by atoms with E-state index in [0.717, 1.165) is 12.1 Å². The van der Waals surface area contributed by atoms with Crippen molar-refractivity contribution in [3.8, 4) is 0 Å². The lowest BCUT2D eigenvalue weighted by Crippen LogP contribution is -2.39. The Balaban J connectivity index is 1.83. The normalized spacial score (nSPS) is 19.8. The zero-order valence-electron chi connectivity index (χ0n) is 11.9. The largest absolute Gasteiger partial charge is 0.344 e. The summed E-state index contributed by atoms with van der Waals surface area (Å²) in [6.07, 6.45) is 2.87. The topological polar surface area (TPSA) is 44.6 Å². The minimum absolute atomic E-state index is 0.0520. The predicted octanol–water partition coefficient (Wildman–Crippen LogP) is 4.68. The molecule has 1 atom stereocenters. The molecule has 0 saturated carbocycles. The van der Waals surface area contributed by atoms with Gasteiger partial charge >= 0.3 is 0 Å². The van der Waals surface area contributed by atoms with Crippen molar-refractivity contribution in [1.82, 2.24) is 5.32 Å². The molecule has 24 heavy (non-hydrogen) atoms. The molecule has 1 aliphatic rings. The maximum absolute atomic E-state index is 13.7. The molecule has 0 spiro atoms. The van der Waals surface area contributed by atoms with Crippen molar-refractivity contribution in [3.05, 3.63) is 69.8 Å². The molecule has 0 amide bonds. The number of thioether (sulfide) groups is 1. The van der Waals surface area contributed by atoms with Crippen molar-refractivity contribution >= 4 is 46.8 Å². The van der Waals surface area contributed by atoms with Gasteiger partial charge in [0.1, 0.15) is 11.6 Å². The van der Waals surface area contributed by atoms with E-state index in [2.05, 4.69) is 10.3 Å². The van der Waals surface area contributed by atoms with Crippen molar-refractivity contribution in [1.29, 1.82) is 0 Å². The van der Waals surface area contributed by atoms with E-state index < -0.39 is 16.8 Å². The fourth-order valence-corrected chi connectivity index (χ4v) is 3.52. The molecular formula is C16H10Cl2F2N2OS. The molecule has 3 rings (SSSR count). The fraction of sp³-hybridized carbons (Fsp3) is 0.0625. The number of allylic oxidation sites excluding steroid dienone is 1. The van der Waals surface area contributed by atoms with E-state index in [1.807, 2.05) is 0 Å². The van der Waals surface area contributed by atoms with Gasteiger partial charge in [-0.15, -0.1) is 0 Å². The summed E-state index contributed by atoms with van der Waals surface area (Å²) < 4.78 is 26.7. The van der Waals surface area contributed by atoms with Crippen molar-refractivity contribution in [2.24, 2.45) is 4.99 Å². The highest BCUT2D eigenvalue weighted by molar-refractivity contribution is 8.00. The van der Waals surface area contributed by atoms with E-state index in [1.54, 1.807) is 18.2 Å². The van der Waals surface area contributed by atoms with Crippen LogP contribution in [-0.2, 0) is 0 Å². The fourth-order valence-electron chi connectivity index (χ4n) is 2.08. The third-order valence-corrected chi connectivity index (χ3v) is 4.88. The second-order valence-electron chi connectivity index (χ2n) is 4.88. The minimum atomic E-state index is -1.82. The second kappa shape index (κ2) is 6.72. The zero-order chi connectivity index (χ0) is 17.3. The molecule has 2 N–H and O–H groups in total. The zero-order valence-corrected chi connectivity index (χ0v) is 14.3. The van der Waals surface area contributed by atoms with Crippen molar-refractivity contribution < 1.29 is 13.9 Å². The highest BCUT2D eigenvalue weighted by Gasteiger charge is 2.30. The summed E-state index contributed by atoms with van der Waals surface area (Å²) in [6, 6.07) is 8.15. The van der Waals surface area contributed by atoms with Crippen LogP contribution in [-0.4, -0.2) is 16.5 Å². The quantitative estimate of drug-likeness (QED) is 0.752. The molecule has 0 aliphatic carbocycles. The van der Waals surface area contributed by atoms with Crippen molar-refractivity contribution in [2.75, 3.05) is 0 Å². The first-order valence-corrected chi connectivity index (χ1v) is 8.29. The van der Waals surface area contributed by atoms with Gasteiger partial charge in [0.25, 0.3) is 5.18 Å². The Kier molecular flexibility index (Phi) is 4.83. The molecule has 1 unspecified atom stereocenters. The van der Waals surface area contributed by atoms with Gasteiger partial charge in [0.15, 0.2) is 0 Å². The highest BCUT2D eigenvalue weighted by atomic mass is 35.5. The lowest BCUT2D eigenvalue weighted by atomic mass is 10.1. The molecule has 1 aliphatic heterocycles. The van der Waals surface area contributed by atoms with Crippen LogP contribution in [0.4, 0.5) is 8.78 Å². The molecule has 3 nitrogen and oxygen atoms in total. The molecule has 0 radical (unpaired) electrons. The summed E-state index contributed by atoms with van der Waals surface area (Å²) in [6.45, 7) is 0. The first kappa shape index (κ1) is 17.2. The molecule has 0 aromatic heterocycles. The number of hydrogen-bond donors (Lipinski definition) is 2. The lowest BCUT2D eigenvalue weighted by Gasteiger charge is -2.27. The van der Waals surface area contributed by atoms with Crippen LogP contribution in [0.3, 0.4) is 0 Å². The Hall–Kier alpha value is -1.60. The van der Waals surface area contributed by atoms with Crippen LogP contribution in [0.1, 0.15) is 5.56 Å². The maximum Gasteiger partial charge on any atom is 0.290 e. The number of halogens is 4. The smallest absolute Gasteiger partial charge is 0.290 e. The van der Waals surface area contributed by atoms with Gasteiger partial charge in [0, 0.05) is 34.5 Å². The lowest BCUT2D eigenvalue weighted by molar-refractivity contribution is 0.125.